The van der Waals surface area contributed by atoms with Crippen LogP contribution in [0.15, 0.2) is 35.7 Å². The van der Waals surface area contributed by atoms with Gasteiger partial charge in [-0.05, 0) is 67.3 Å². The number of fused-ring (bicyclic) bond motifs is 1. The summed E-state index contributed by atoms with van der Waals surface area (Å²) in [6.45, 7) is 3.79. The molecule has 6 heteroatoms. The predicted octanol–water partition coefficient (Wildman–Crippen LogP) is 3.45. The van der Waals surface area contributed by atoms with Crippen molar-refractivity contribution in [2.24, 2.45) is 5.92 Å². The van der Waals surface area contributed by atoms with Gasteiger partial charge in [-0.15, -0.1) is 11.3 Å². The van der Waals surface area contributed by atoms with Gasteiger partial charge in [0.05, 0.1) is 6.54 Å². The van der Waals surface area contributed by atoms with Crippen LogP contribution in [-0.2, 0) is 11.2 Å². The van der Waals surface area contributed by atoms with Crippen molar-refractivity contribution in [2.75, 3.05) is 25.0 Å². The molecule has 1 saturated carbocycles. The summed E-state index contributed by atoms with van der Waals surface area (Å²) in [4.78, 5) is 28.5. The average Bonchev–Trinajstić information content (AvgIpc) is 3.38. The van der Waals surface area contributed by atoms with Crippen LogP contribution in [0.5, 0.6) is 0 Å². The smallest absolute Gasteiger partial charge is 0.251 e. The molecule has 5 nitrogen and oxygen atoms in total. The zero-order chi connectivity index (χ0) is 18.8. The largest absolute Gasteiger partial charge is 0.352 e. The van der Waals surface area contributed by atoms with E-state index in [4.69, 9.17) is 0 Å². The first-order chi connectivity index (χ1) is 13.2. The van der Waals surface area contributed by atoms with Gasteiger partial charge < -0.3 is 10.6 Å². The molecular weight excluding hydrogens is 358 g/mol. The zero-order valence-electron chi connectivity index (χ0n) is 15.5. The third-order valence-corrected chi connectivity index (χ3v) is 6.28. The number of nitrogens with zero attached hydrogens (tertiary/aromatic N) is 1. The number of thiophene rings is 1. The van der Waals surface area contributed by atoms with Crippen LogP contribution in [0.3, 0.4) is 0 Å². The molecule has 1 aliphatic carbocycles. The second kappa shape index (κ2) is 7.82. The highest BCUT2D eigenvalue weighted by Gasteiger charge is 2.40. The first-order valence-electron chi connectivity index (χ1n) is 9.64. The molecule has 1 aromatic carbocycles. The third-order valence-electron chi connectivity index (χ3n) is 5.28. The van der Waals surface area contributed by atoms with Crippen LogP contribution in [-0.4, -0.2) is 36.3 Å². The molecule has 4 rings (SSSR count). The lowest BCUT2D eigenvalue weighted by atomic mass is 9.96. The van der Waals surface area contributed by atoms with Gasteiger partial charge in [0.2, 0.25) is 5.91 Å². The SMILES string of the molecule is CCNC(=O)c1cccc(NC(=O)CN2CCc3sccc3[C@@H]2C2CC2)c1. The lowest BCUT2D eigenvalue weighted by Gasteiger charge is -2.35. The Morgan fingerprint density at radius 1 is 1.26 bits per heavy atom. The van der Waals surface area contributed by atoms with E-state index in [0.717, 1.165) is 13.0 Å². The van der Waals surface area contributed by atoms with Crippen LogP contribution in [0, 0.1) is 5.92 Å². The second-order valence-corrected chi connectivity index (χ2v) is 8.29. The number of carbonyl (C=O) groups excluding carboxylic acids is 2. The number of nitrogens with one attached hydrogen (secondary N) is 2. The minimum atomic E-state index is -0.122. The molecule has 1 aromatic heterocycles. The first-order valence-corrected chi connectivity index (χ1v) is 10.5. The van der Waals surface area contributed by atoms with E-state index in [2.05, 4.69) is 27.0 Å². The van der Waals surface area contributed by atoms with Crippen LogP contribution in [0.4, 0.5) is 5.69 Å². The van der Waals surface area contributed by atoms with Gasteiger partial charge in [0.25, 0.3) is 5.91 Å². The minimum absolute atomic E-state index is 0.0209. The summed E-state index contributed by atoms with van der Waals surface area (Å²) in [5.74, 6) is 0.545. The van der Waals surface area contributed by atoms with Gasteiger partial charge >= 0.3 is 0 Å². The van der Waals surface area contributed by atoms with Gasteiger partial charge in [-0.3, -0.25) is 14.5 Å². The number of benzene rings is 1. The normalized spacial score (nSPS) is 19.4. The van der Waals surface area contributed by atoms with Crippen molar-refractivity contribution in [3.63, 3.8) is 0 Å². The summed E-state index contributed by atoms with van der Waals surface area (Å²) >= 11 is 1.84. The van der Waals surface area contributed by atoms with E-state index in [1.807, 2.05) is 24.3 Å². The topological polar surface area (TPSA) is 61.4 Å². The Morgan fingerprint density at radius 3 is 2.89 bits per heavy atom. The fourth-order valence-corrected chi connectivity index (χ4v) is 4.84. The maximum absolute atomic E-state index is 12.7. The number of carbonyl (C=O) groups is 2. The molecule has 2 aromatic rings. The van der Waals surface area contributed by atoms with E-state index in [1.165, 1.54) is 23.3 Å². The highest BCUT2D eigenvalue weighted by Crippen LogP contribution is 2.48. The Labute approximate surface area is 163 Å². The van der Waals surface area contributed by atoms with E-state index in [-0.39, 0.29) is 11.8 Å². The third kappa shape index (κ3) is 4.06. The number of anilines is 1. The maximum Gasteiger partial charge on any atom is 0.251 e. The van der Waals surface area contributed by atoms with Crippen molar-refractivity contribution in [2.45, 2.75) is 32.2 Å². The van der Waals surface area contributed by atoms with Crippen LogP contribution in [0.2, 0.25) is 0 Å². The number of hydrogen-bond acceptors (Lipinski definition) is 4. The molecular formula is C21H25N3O2S. The van der Waals surface area contributed by atoms with Gasteiger partial charge in [0.15, 0.2) is 0 Å². The molecule has 0 radical (unpaired) electrons. The van der Waals surface area contributed by atoms with Gasteiger partial charge in [0, 0.05) is 35.3 Å². The van der Waals surface area contributed by atoms with E-state index in [1.54, 1.807) is 18.2 Å². The van der Waals surface area contributed by atoms with Crippen molar-refractivity contribution < 1.29 is 9.59 Å². The lowest BCUT2D eigenvalue weighted by Crippen LogP contribution is -2.41. The van der Waals surface area contributed by atoms with Crippen LogP contribution < -0.4 is 10.6 Å². The molecule has 1 fully saturated rings. The van der Waals surface area contributed by atoms with Gasteiger partial charge in [-0.1, -0.05) is 6.07 Å². The van der Waals surface area contributed by atoms with Gasteiger partial charge in [-0.25, -0.2) is 0 Å². The molecule has 1 aliphatic heterocycles. The second-order valence-electron chi connectivity index (χ2n) is 7.29. The Hall–Kier alpha value is -2.18. The monoisotopic (exact) mass is 383 g/mol. The Morgan fingerprint density at radius 2 is 2.11 bits per heavy atom. The molecule has 2 heterocycles. The summed E-state index contributed by atoms with van der Waals surface area (Å²) in [7, 11) is 0. The van der Waals surface area contributed by atoms with Crippen molar-refractivity contribution in [3.8, 4) is 0 Å². The van der Waals surface area contributed by atoms with E-state index < -0.39 is 0 Å². The highest BCUT2D eigenvalue weighted by atomic mass is 32.1. The Balaban J connectivity index is 1.42. The molecule has 0 unspecified atom stereocenters. The quantitative estimate of drug-likeness (QED) is 0.803. The molecule has 0 saturated heterocycles. The van der Waals surface area contributed by atoms with Gasteiger partial charge in [0.1, 0.15) is 0 Å². The predicted molar refractivity (Wildman–Crippen MR) is 108 cm³/mol. The van der Waals surface area contributed by atoms with Crippen LogP contribution >= 0.6 is 11.3 Å². The molecule has 1 atom stereocenters. The maximum atomic E-state index is 12.7. The fraction of sp³-hybridized carbons (Fsp3) is 0.429. The molecule has 2 aliphatic rings. The summed E-state index contributed by atoms with van der Waals surface area (Å²) in [5, 5.41) is 7.92. The first kappa shape index (κ1) is 18.2. The highest BCUT2D eigenvalue weighted by molar-refractivity contribution is 7.10. The van der Waals surface area contributed by atoms with E-state index in [9.17, 15) is 9.59 Å². The summed E-state index contributed by atoms with van der Waals surface area (Å²) < 4.78 is 0. The number of hydrogen-bond donors (Lipinski definition) is 2. The summed E-state index contributed by atoms with van der Waals surface area (Å²) in [6, 6.07) is 9.73. The minimum Gasteiger partial charge on any atom is -0.352 e. The Bertz CT molecular complexity index is 843. The van der Waals surface area contributed by atoms with Crippen molar-refractivity contribution in [1.82, 2.24) is 10.2 Å². The molecule has 2 amide bonds. The molecule has 2 N–H and O–H groups in total. The van der Waals surface area contributed by atoms with Crippen LogP contribution in [0.1, 0.15) is 46.6 Å². The fourth-order valence-electron chi connectivity index (χ4n) is 3.93. The molecule has 0 spiro atoms. The van der Waals surface area contributed by atoms with E-state index in [0.29, 0.717) is 36.3 Å². The van der Waals surface area contributed by atoms with Crippen molar-refractivity contribution in [1.29, 1.82) is 0 Å². The molecule has 142 valence electrons. The van der Waals surface area contributed by atoms with Crippen LogP contribution in [0.25, 0.3) is 0 Å². The molecule has 0 bridgehead atoms. The number of rotatable bonds is 6. The van der Waals surface area contributed by atoms with Crippen molar-refractivity contribution in [3.05, 3.63) is 51.7 Å². The number of amides is 2. The average molecular weight is 384 g/mol. The Kier molecular flexibility index (Phi) is 5.27. The van der Waals surface area contributed by atoms with E-state index >= 15 is 0 Å². The standard InChI is InChI=1S/C21H25N3O2S/c1-2-22-21(26)15-4-3-5-16(12-15)23-19(25)13-24-10-8-18-17(9-11-27-18)20(24)14-6-7-14/h3-5,9,11-12,14,20H,2,6-8,10,13H2,1H3,(H,22,26)(H,23,25)/t20-/m0/s1. The molecule has 27 heavy (non-hydrogen) atoms. The lowest BCUT2D eigenvalue weighted by molar-refractivity contribution is -0.118. The summed E-state index contributed by atoms with van der Waals surface area (Å²) in [5.41, 5.74) is 2.66. The summed E-state index contributed by atoms with van der Waals surface area (Å²) in [6.07, 6.45) is 3.54. The van der Waals surface area contributed by atoms with Crippen molar-refractivity contribution >= 4 is 28.8 Å². The van der Waals surface area contributed by atoms with Gasteiger partial charge in [-0.2, -0.15) is 0 Å². The zero-order valence-corrected chi connectivity index (χ0v) is 16.3.